The van der Waals surface area contributed by atoms with Crippen LogP contribution in [0.25, 0.3) is 0 Å². The van der Waals surface area contributed by atoms with Crippen LogP contribution in [0, 0.1) is 5.92 Å². The van der Waals surface area contributed by atoms with Crippen molar-refractivity contribution in [2.45, 2.75) is 42.9 Å². The van der Waals surface area contributed by atoms with Crippen molar-refractivity contribution in [2.75, 3.05) is 31.1 Å². The van der Waals surface area contributed by atoms with Gasteiger partial charge in [-0.2, -0.15) is 11.8 Å². The highest BCUT2D eigenvalue weighted by Crippen LogP contribution is 2.27. The lowest BCUT2D eigenvalue weighted by molar-refractivity contribution is 0.145. The third-order valence-electron chi connectivity index (χ3n) is 4.88. The van der Waals surface area contributed by atoms with Gasteiger partial charge in [0.15, 0.2) is 0 Å². The largest absolute Gasteiger partial charge is 0.300 e. The molecular formula is C16H26N2O2S3. The van der Waals surface area contributed by atoms with Crippen molar-refractivity contribution in [3.8, 4) is 0 Å². The van der Waals surface area contributed by atoms with Gasteiger partial charge in [-0.05, 0) is 62.6 Å². The molecule has 0 saturated carbocycles. The van der Waals surface area contributed by atoms with Gasteiger partial charge >= 0.3 is 0 Å². The summed E-state index contributed by atoms with van der Waals surface area (Å²) in [7, 11) is -3.33. The Morgan fingerprint density at radius 2 is 2.04 bits per heavy atom. The zero-order valence-electron chi connectivity index (χ0n) is 13.7. The van der Waals surface area contributed by atoms with Gasteiger partial charge in [0.2, 0.25) is 10.0 Å². The van der Waals surface area contributed by atoms with Gasteiger partial charge in [-0.15, -0.1) is 11.3 Å². The van der Waals surface area contributed by atoms with Crippen LogP contribution in [0.4, 0.5) is 0 Å². The monoisotopic (exact) mass is 374 g/mol. The number of nitrogens with one attached hydrogen (secondary N) is 1. The first-order valence-electron chi connectivity index (χ1n) is 8.48. The van der Waals surface area contributed by atoms with Crippen LogP contribution in [0.1, 0.15) is 31.1 Å². The summed E-state index contributed by atoms with van der Waals surface area (Å²) in [5.74, 6) is 3.04. The van der Waals surface area contributed by atoms with Crippen LogP contribution in [-0.2, 0) is 16.4 Å². The summed E-state index contributed by atoms with van der Waals surface area (Å²) in [4.78, 5) is 3.73. The number of sulfonamides is 1. The van der Waals surface area contributed by atoms with Crippen LogP contribution in [0.5, 0.6) is 0 Å². The van der Waals surface area contributed by atoms with Crippen molar-refractivity contribution >= 4 is 33.1 Å². The number of nitrogens with zero attached hydrogens (tertiary/aromatic N) is 1. The van der Waals surface area contributed by atoms with Gasteiger partial charge in [-0.3, -0.25) is 4.90 Å². The van der Waals surface area contributed by atoms with Gasteiger partial charge in [0, 0.05) is 23.2 Å². The minimum Gasteiger partial charge on any atom is -0.300 e. The van der Waals surface area contributed by atoms with E-state index < -0.39 is 10.0 Å². The molecule has 1 aromatic rings. The molecule has 23 heavy (non-hydrogen) atoms. The number of likely N-dealkylation sites (tertiary alicyclic amines) is 1. The predicted molar refractivity (Wildman–Crippen MR) is 98.9 cm³/mol. The maximum absolute atomic E-state index is 12.4. The zero-order valence-corrected chi connectivity index (χ0v) is 16.1. The summed E-state index contributed by atoms with van der Waals surface area (Å²) in [6.45, 7) is 4.87. The number of piperidine rings is 1. The lowest BCUT2D eigenvalue weighted by Crippen LogP contribution is -2.43. The minimum absolute atomic E-state index is 0.453. The summed E-state index contributed by atoms with van der Waals surface area (Å²) in [6, 6.07) is 4.40. The predicted octanol–water partition coefficient (Wildman–Crippen LogP) is 2.81. The van der Waals surface area contributed by atoms with E-state index in [1.165, 1.54) is 29.3 Å². The summed E-state index contributed by atoms with van der Waals surface area (Å²) < 4.78 is 28.0. The molecule has 2 fully saturated rings. The second-order valence-corrected chi connectivity index (χ2v) is 10.7. The maximum Gasteiger partial charge on any atom is 0.250 e. The molecule has 0 spiro atoms. The van der Waals surface area contributed by atoms with E-state index in [1.54, 1.807) is 6.07 Å². The molecule has 1 atom stereocenters. The second kappa shape index (κ2) is 7.87. The van der Waals surface area contributed by atoms with E-state index in [0.29, 0.717) is 16.7 Å². The molecule has 0 aliphatic carbocycles. The van der Waals surface area contributed by atoms with Gasteiger partial charge in [0.25, 0.3) is 0 Å². The number of hydrogen-bond acceptors (Lipinski definition) is 5. The average Bonchev–Trinajstić information content (AvgIpc) is 3.25. The first-order chi connectivity index (χ1) is 11.1. The molecule has 3 heterocycles. The van der Waals surface area contributed by atoms with E-state index in [0.717, 1.165) is 43.3 Å². The van der Waals surface area contributed by atoms with Crippen molar-refractivity contribution in [1.29, 1.82) is 0 Å². The van der Waals surface area contributed by atoms with Crippen molar-refractivity contribution in [3.63, 3.8) is 0 Å². The Kier molecular flexibility index (Phi) is 6.07. The molecule has 0 unspecified atom stereocenters. The van der Waals surface area contributed by atoms with E-state index in [9.17, 15) is 8.42 Å². The fourth-order valence-corrected chi connectivity index (χ4v) is 7.03. The van der Waals surface area contributed by atoms with Crippen LogP contribution in [0.15, 0.2) is 16.3 Å². The molecule has 3 rings (SSSR count). The number of thiophene rings is 1. The smallest absolute Gasteiger partial charge is 0.250 e. The van der Waals surface area contributed by atoms with Crippen molar-refractivity contribution < 1.29 is 8.42 Å². The highest BCUT2D eigenvalue weighted by Gasteiger charge is 2.28. The lowest BCUT2D eigenvalue weighted by Gasteiger charge is -2.35. The Morgan fingerprint density at radius 1 is 1.26 bits per heavy atom. The second-order valence-electron chi connectivity index (χ2n) is 6.42. The molecule has 7 heteroatoms. The molecule has 4 nitrogen and oxygen atoms in total. The van der Waals surface area contributed by atoms with Crippen molar-refractivity contribution in [2.24, 2.45) is 5.92 Å². The fourth-order valence-electron chi connectivity index (χ4n) is 3.32. The molecule has 2 aliphatic rings. The third kappa shape index (κ3) is 4.51. The Labute approximate surface area is 148 Å². The summed E-state index contributed by atoms with van der Waals surface area (Å²) in [5, 5.41) is 0. The molecule has 2 saturated heterocycles. The molecule has 130 valence electrons. The summed E-state index contributed by atoms with van der Waals surface area (Å²) in [6.07, 6.45) is 4.42. The number of thioether (sulfide) groups is 1. The maximum atomic E-state index is 12.4. The quantitative estimate of drug-likeness (QED) is 0.832. The minimum atomic E-state index is -3.33. The molecule has 0 radical (unpaired) electrons. The van der Waals surface area contributed by atoms with Crippen molar-refractivity contribution in [1.82, 2.24) is 9.62 Å². The normalized spacial score (nSPS) is 24.3. The molecule has 1 aromatic heterocycles. The summed E-state index contributed by atoms with van der Waals surface area (Å²) >= 11 is 3.44. The first kappa shape index (κ1) is 17.7. The number of aryl methyl sites for hydroxylation is 1. The Bertz CT molecular complexity index is 601. The van der Waals surface area contributed by atoms with Gasteiger partial charge < -0.3 is 0 Å². The van der Waals surface area contributed by atoms with E-state index in [-0.39, 0.29) is 0 Å². The van der Waals surface area contributed by atoms with Crippen LogP contribution in [0.3, 0.4) is 0 Å². The van der Waals surface area contributed by atoms with Gasteiger partial charge in [-0.25, -0.2) is 13.1 Å². The Morgan fingerprint density at radius 3 is 2.65 bits per heavy atom. The van der Waals surface area contributed by atoms with Gasteiger partial charge in [0.05, 0.1) is 0 Å². The average molecular weight is 375 g/mol. The molecule has 0 bridgehead atoms. The SMILES string of the molecule is CCc1ccc(S(=O)(=O)NCC2CCN([C@H]3CCSC3)CC2)s1. The number of rotatable bonds is 6. The van der Waals surface area contributed by atoms with E-state index >= 15 is 0 Å². The molecule has 0 aromatic carbocycles. The van der Waals surface area contributed by atoms with Gasteiger partial charge in [0.1, 0.15) is 4.21 Å². The highest BCUT2D eigenvalue weighted by molar-refractivity contribution is 7.99. The van der Waals surface area contributed by atoms with E-state index in [1.807, 2.05) is 13.0 Å². The standard InChI is InChI=1S/C16H26N2O2S3/c1-2-15-3-4-16(22-15)23(19,20)17-11-13-5-8-18(9-6-13)14-7-10-21-12-14/h3-4,13-14,17H,2,5-12H2,1H3/t14-/m0/s1. The highest BCUT2D eigenvalue weighted by atomic mass is 32.2. The van der Waals surface area contributed by atoms with Gasteiger partial charge in [-0.1, -0.05) is 6.92 Å². The van der Waals surface area contributed by atoms with Crippen LogP contribution >= 0.6 is 23.1 Å². The zero-order chi connectivity index (χ0) is 16.3. The van der Waals surface area contributed by atoms with E-state index in [4.69, 9.17) is 0 Å². The van der Waals surface area contributed by atoms with Crippen molar-refractivity contribution in [3.05, 3.63) is 17.0 Å². The summed E-state index contributed by atoms with van der Waals surface area (Å²) in [5.41, 5.74) is 0. The third-order valence-corrected chi connectivity index (χ3v) is 9.17. The first-order valence-corrected chi connectivity index (χ1v) is 11.9. The molecule has 2 aliphatic heterocycles. The molecule has 0 amide bonds. The van der Waals surface area contributed by atoms with E-state index in [2.05, 4.69) is 21.4 Å². The number of hydrogen-bond donors (Lipinski definition) is 1. The Balaban J connectivity index is 1.47. The fraction of sp³-hybridized carbons (Fsp3) is 0.750. The van der Waals surface area contributed by atoms with Crippen LogP contribution in [-0.4, -0.2) is 50.5 Å². The molecule has 1 N–H and O–H groups in total. The topological polar surface area (TPSA) is 49.4 Å². The Hall–Kier alpha value is -0.0800. The molecular weight excluding hydrogens is 348 g/mol. The lowest BCUT2D eigenvalue weighted by atomic mass is 9.96. The van der Waals surface area contributed by atoms with Crippen LogP contribution in [0.2, 0.25) is 0 Å². The van der Waals surface area contributed by atoms with Crippen LogP contribution < -0.4 is 4.72 Å².